The molecule has 0 aromatic heterocycles. The zero-order chi connectivity index (χ0) is 13.3. The van der Waals surface area contributed by atoms with E-state index in [4.69, 9.17) is 0 Å². The minimum Gasteiger partial charge on any atom is -0.391 e. The molecule has 2 unspecified atom stereocenters. The van der Waals surface area contributed by atoms with Crippen molar-refractivity contribution in [1.82, 2.24) is 0 Å². The normalized spacial score (nSPS) is 23.4. The second-order valence-corrected chi connectivity index (χ2v) is 6.63. The van der Waals surface area contributed by atoms with Gasteiger partial charge >= 0.3 is 0 Å². The molecule has 0 aliphatic carbocycles. The zero-order valence-electron chi connectivity index (χ0n) is 12.0. The topological polar surface area (TPSA) is 32.3 Å². The van der Waals surface area contributed by atoms with Crippen molar-refractivity contribution in [3.63, 3.8) is 0 Å². The molecule has 1 heterocycles. The Hall–Kier alpha value is -1.02. The molecule has 2 nitrogen and oxygen atoms in total. The number of benzene rings is 1. The zero-order valence-corrected chi connectivity index (χ0v) is 12.0. The van der Waals surface area contributed by atoms with Gasteiger partial charge in [0.2, 0.25) is 0 Å². The maximum atomic E-state index is 10.3. The van der Waals surface area contributed by atoms with E-state index in [2.05, 4.69) is 51.2 Å². The molecule has 100 valence electrons. The maximum absolute atomic E-state index is 10.3. The Balaban J connectivity index is 2.18. The van der Waals surface area contributed by atoms with Crippen molar-refractivity contribution < 1.29 is 5.11 Å². The van der Waals surface area contributed by atoms with Gasteiger partial charge in [0.25, 0.3) is 0 Å². The van der Waals surface area contributed by atoms with Gasteiger partial charge in [-0.1, -0.05) is 39.8 Å². The van der Waals surface area contributed by atoms with Crippen LogP contribution in [0, 0.1) is 5.41 Å². The predicted octanol–water partition coefficient (Wildman–Crippen LogP) is 3.38. The van der Waals surface area contributed by atoms with Crippen LogP contribution in [0.15, 0.2) is 18.2 Å². The maximum Gasteiger partial charge on any atom is 0.0782 e. The average Bonchev–Trinajstić information content (AvgIpc) is 2.27. The number of aryl methyl sites for hydroxylation is 1. The van der Waals surface area contributed by atoms with Gasteiger partial charge in [-0.2, -0.15) is 0 Å². The summed E-state index contributed by atoms with van der Waals surface area (Å²) >= 11 is 0. The first kappa shape index (κ1) is 13.4. The molecule has 0 bridgehead atoms. The second-order valence-electron chi connectivity index (χ2n) is 6.63. The van der Waals surface area contributed by atoms with Crippen molar-refractivity contribution in [2.24, 2.45) is 5.41 Å². The summed E-state index contributed by atoms with van der Waals surface area (Å²) in [4.78, 5) is 0. The highest BCUT2D eigenvalue weighted by molar-refractivity contribution is 5.56. The lowest BCUT2D eigenvalue weighted by atomic mass is 9.82. The lowest BCUT2D eigenvalue weighted by molar-refractivity contribution is 0.126. The second kappa shape index (κ2) is 4.93. The highest BCUT2D eigenvalue weighted by Gasteiger charge is 2.29. The van der Waals surface area contributed by atoms with E-state index in [-0.39, 0.29) is 17.6 Å². The smallest absolute Gasteiger partial charge is 0.0782 e. The van der Waals surface area contributed by atoms with Crippen LogP contribution in [-0.4, -0.2) is 17.3 Å². The van der Waals surface area contributed by atoms with Crippen molar-refractivity contribution in [2.75, 3.05) is 5.32 Å². The summed E-state index contributed by atoms with van der Waals surface area (Å²) in [5.74, 6) is 0. The molecule has 1 aromatic carbocycles. The number of hydrogen-bond acceptors (Lipinski definition) is 2. The Kier molecular flexibility index (Phi) is 3.67. The quantitative estimate of drug-likeness (QED) is 0.839. The van der Waals surface area contributed by atoms with Gasteiger partial charge < -0.3 is 10.4 Å². The number of aliphatic hydroxyl groups is 1. The van der Waals surface area contributed by atoms with Crippen LogP contribution in [0.2, 0.25) is 0 Å². The fraction of sp³-hybridized carbons (Fsp3) is 0.625. The summed E-state index contributed by atoms with van der Waals surface area (Å²) in [7, 11) is 0. The Morgan fingerprint density at radius 1 is 1.33 bits per heavy atom. The van der Waals surface area contributed by atoms with E-state index in [9.17, 15) is 5.11 Å². The van der Waals surface area contributed by atoms with Crippen molar-refractivity contribution in [3.05, 3.63) is 29.3 Å². The molecule has 0 radical (unpaired) electrons. The molecule has 0 saturated carbocycles. The molecule has 2 N–H and O–H groups in total. The SMILES string of the molecule is CCc1ccc2c(c1)CC(O)C(CC(C)(C)C)N2. The lowest BCUT2D eigenvalue weighted by Crippen LogP contribution is -2.41. The van der Waals surface area contributed by atoms with Gasteiger partial charge in [0.15, 0.2) is 0 Å². The minimum atomic E-state index is -0.274. The Labute approximate surface area is 110 Å². The third kappa shape index (κ3) is 3.05. The van der Waals surface area contributed by atoms with Gasteiger partial charge in [-0.05, 0) is 35.4 Å². The monoisotopic (exact) mass is 247 g/mol. The Bertz CT molecular complexity index is 420. The molecule has 18 heavy (non-hydrogen) atoms. The van der Waals surface area contributed by atoms with Crippen molar-refractivity contribution in [2.45, 2.75) is 59.1 Å². The highest BCUT2D eigenvalue weighted by Crippen LogP contribution is 2.31. The van der Waals surface area contributed by atoms with E-state index in [1.807, 2.05) is 0 Å². The molecule has 0 amide bonds. The summed E-state index contributed by atoms with van der Waals surface area (Å²) in [6.45, 7) is 8.82. The van der Waals surface area contributed by atoms with Crippen LogP contribution in [0.1, 0.15) is 45.2 Å². The number of hydrogen-bond donors (Lipinski definition) is 2. The molecule has 1 aliphatic rings. The molecule has 0 spiro atoms. The van der Waals surface area contributed by atoms with E-state index in [0.717, 1.165) is 19.3 Å². The number of rotatable bonds is 2. The standard InChI is InChI=1S/C16H25NO/c1-5-11-6-7-13-12(8-11)9-15(18)14(17-13)10-16(2,3)4/h6-8,14-15,17-18H,5,9-10H2,1-4H3. The van der Waals surface area contributed by atoms with Gasteiger partial charge in [-0.3, -0.25) is 0 Å². The van der Waals surface area contributed by atoms with Crippen LogP contribution in [0.5, 0.6) is 0 Å². The van der Waals surface area contributed by atoms with E-state index in [1.165, 1.54) is 16.8 Å². The first-order valence-electron chi connectivity index (χ1n) is 6.95. The fourth-order valence-electron chi connectivity index (χ4n) is 2.69. The van der Waals surface area contributed by atoms with Crippen molar-refractivity contribution in [3.8, 4) is 0 Å². The summed E-state index contributed by atoms with van der Waals surface area (Å²) < 4.78 is 0. The van der Waals surface area contributed by atoms with Crippen LogP contribution < -0.4 is 5.32 Å². The van der Waals surface area contributed by atoms with E-state index < -0.39 is 0 Å². The molecule has 2 atom stereocenters. The first-order chi connectivity index (χ1) is 8.39. The Morgan fingerprint density at radius 2 is 2.06 bits per heavy atom. The summed E-state index contributed by atoms with van der Waals surface area (Å²) in [5.41, 5.74) is 4.04. The fourth-order valence-corrected chi connectivity index (χ4v) is 2.69. The van der Waals surface area contributed by atoms with Crippen molar-refractivity contribution >= 4 is 5.69 Å². The number of aliphatic hydroxyl groups excluding tert-OH is 1. The molecular formula is C16H25NO. The van der Waals surface area contributed by atoms with Gasteiger partial charge in [0.1, 0.15) is 0 Å². The predicted molar refractivity (Wildman–Crippen MR) is 77.0 cm³/mol. The average molecular weight is 247 g/mol. The van der Waals surface area contributed by atoms with Crippen LogP contribution in [0.3, 0.4) is 0 Å². The molecular weight excluding hydrogens is 222 g/mol. The van der Waals surface area contributed by atoms with E-state index >= 15 is 0 Å². The summed E-state index contributed by atoms with van der Waals surface area (Å²) in [6, 6.07) is 6.73. The van der Waals surface area contributed by atoms with Gasteiger partial charge in [0.05, 0.1) is 12.1 Å². The first-order valence-corrected chi connectivity index (χ1v) is 6.95. The number of anilines is 1. The van der Waals surface area contributed by atoms with E-state index in [0.29, 0.717) is 0 Å². The van der Waals surface area contributed by atoms with Gasteiger partial charge in [-0.15, -0.1) is 0 Å². The van der Waals surface area contributed by atoms with E-state index in [1.54, 1.807) is 0 Å². The van der Waals surface area contributed by atoms with Crippen LogP contribution >= 0.6 is 0 Å². The van der Waals surface area contributed by atoms with Crippen LogP contribution in [0.25, 0.3) is 0 Å². The molecule has 0 fully saturated rings. The third-order valence-corrected chi connectivity index (χ3v) is 3.64. The molecule has 1 aromatic rings. The molecule has 2 rings (SSSR count). The van der Waals surface area contributed by atoms with Crippen LogP contribution in [-0.2, 0) is 12.8 Å². The largest absolute Gasteiger partial charge is 0.391 e. The lowest BCUT2D eigenvalue weighted by Gasteiger charge is -2.35. The van der Waals surface area contributed by atoms with Gasteiger partial charge in [-0.25, -0.2) is 0 Å². The number of nitrogens with one attached hydrogen (secondary N) is 1. The van der Waals surface area contributed by atoms with Crippen molar-refractivity contribution in [1.29, 1.82) is 0 Å². The van der Waals surface area contributed by atoms with Crippen LogP contribution in [0.4, 0.5) is 5.69 Å². The number of fused-ring (bicyclic) bond motifs is 1. The summed E-state index contributed by atoms with van der Waals surface area (Å²) in [6.07, 6.45) is 2.54. The van der Waals surface area contributed by atoms with Gasteiger partial charge in [0, 0.05) is 12.1 Å². The molecule has 1 aliphatic heterocycles. The molecule has 0 saturated heterocycles. The third-order valence-electron chi connectivity index (χ3n) is 3.64. The Morgan fingerprint density at radius 3 is 2.67 bits per heavy atom. The summed E-state index contributed by atoms with van der Waals surface area (Å²) in [5, 5.41) is 13.8. The highest BCUT2D eigenvalue weighted by atomic mass is 16.3. The minimum absolute atomic E-state index is 0.171. The molecule has 2 heteroatoms.